The molecule has 0 aliphatic carbocycles. The van der Waals surface area contributed by atoms with Gasteiger partial charge in [-0.15, -0.1) is 0 Å². The second-order valence-electron chi connectivity index (χ2n) is 4.81. The highest BCUT2D eigenvalue weighted by atomic mass is 32.1. The lowest BCUT2D eigenvalue weighted by Crippen LogP contribution is -2.29. The van der Waals surface area contributed by atoms with Crippen molar-refractivity contribution in [2.45, 2.75) is 12.8 Å². The topological polar surface area (TPSA) is 3.24 Å². The monoisotopic (exact) mass is 289 g/mol. The maximum absolute atomic E-state index is 13.0. The van der Waals surface area contributed by atoms with Crippen molar-refractivity contribution < 1.29 is 4.39 Å². The summed E-state index contributed by atoms with van der Waals surface area (Å²) in [5.41, 5.74) is 2.35. The molecule has 1 atom stereocenters. The lowest BCUT2D eigenvalue weighted by atomic mass is 10.00. The number of anilines is 1. The first-order chi connectivity index (χ1) is 9.74. The van der Waals surface area contributed by atoms with E-state index in [0.29, 0.717) is 5.92 Å². The van der Waals surface area contributed by atoms with E-state index in [2.05, 4.69) is 48.7 Å². The van der Waals surface area contributed by atoms with Gasteiger partial charge >= 0.3 is 0 Å². The molecule has 0 saturated carbocycles. The molecule has 0 aliphatic rings. The molecule has 2 aromatic carbocycles. The Morgan fingerprint density at radius 2 is 1.70 bits per heavy atom. The molecule has 0 aromatic heterocycles. The lowest BCUT2D eigenvalue weighted by molar-refractivity contribution is 0.627. The fourth-order valence-electron chi connectivity index (χ4n) is 2.33. The van der Waals surface area contributed by atoms with Gasteiger partial charge in [0.2, 0.25) is 0 Å². The van der Waals surface area contributed by atoms with Gasteiger partial charge in [-0.3, -0.25) is 0 Å². The van der Waals surface area contributed by atoms with Crippen LogP contribution in [0.5, 0.6) is 0 Å². The molecule has 106 valence electrons. The number of benzene rings is 2. The second kappa shape index (κ2) is 7.34. The summed E-state index contributed by atoms with van der Waals surface area (Å²) in [6.45, 7) is 3.89. The molecule has 1 unspecified atom stereocenters. The van der Waals surface area contributed by atoms with Gasteiger partial charge in [0.1, 0.15) is 5.82 Å². The number of hydrogen-bond acceptors (Lipinski definition) is 2. The number of halogens is 1. The Morgan fingerprint density at radius 3 is 2.25 bits per heavy atom. The van der Waals surface area contributed by atoms with Crippen LogP contribution in [0.3, 0.4) is 0 Å². The van der Waals surface area contributed by atoms with E-state index in [-0.39, 0.29) is 5.82 Å². The summed E-state index contributed by atoms with van der Waals surface area (Å²) in [7, 11) is 0. The van der Waals surface area contributed by atoms with Crippen LogP contribution in [0.15, 0.2) is 54.6 Å². The van der Waals surface area contributed by atoms with Crippen LogP contribution in [0.1, 0.15) is 18.4 Å². The highest BCUT2D eigenvalue weighted by Crippen LogP contribution is 2.22. The van der Waals surface area contributed by atoms with E-state index in [4.69, 9.17) is 0 Å². The highest BCUT2D eigenvalue weighted by Gasteiger charge is 2.14. The van der Waals surface area contributed by atoms with Crippen LogP contribution in [-0.4, -0.2) is 18.8 Å². The van der Waals surface area contributed by atoms with E-state index >= 15 is 0 Å². The highest BCUT2D eigenvalue weighted by molar-refractivity contribution is 7.80. The molecular formula is C17H20FNS. The Balaban J connectivity index is 2.14. The summed E-state index contributed by atoms with van der Waals surface area (Å²) in [4.78, 5) is 2.26. The minimum atomic E-state index is -0.196. The molecule has 0 fully saturated rings. The lowest BCUT2D eigenvalue weighted by Gasteiger charge is -2.28. The number of likely N-dealkylation sites (N-methyl/N-ethyl adjacent to an activating group) is 1. The third-order valence-corrected chi connectivity index (χ3v) is 3.95. The molecule has 2 rings (SSSR count). The van der Waals surface area contributed by atoms with Gasteiger partial charge < -0.3 is 4.90 Å². The SMILES string of the molecule is CCN(CC(CS)c1ccccc1)c1ccc(F)cc1. The molecule has 0 bridgehead atoms. The quantitative estimate of drug-likeness (QED) is 0.773. The number of rotatable bonds is 6. The van der Waals surface area contributed by atoms with Gasteiger partial charge in [-0.1, -0.05) is 30.3 Å². The Labute approximate surface area is 125 Å². The smallest absolute Gasteiger partial charge is 0.123 e. The fraction of sp³-hybridized carbons (Fsp3) is 0.294. The van der Waals surface area contributed by atoms with E-state index in [1.807, 2.05) is 18.2 Å². The maximum atomic E-state index is 13.0. The largest absolute Gasteiger partial charge is 0.371 e. The van der Waals surface area contributed by atoms with Crippen LogP contribution >= 0.6 is 12.6 Å². The molecule has 2 aromatic rings. The van der Waals surface area contributed by atoms with E-state index < -0.39 is 0 Å². The Hall–Kier alpha value is -1.48. The third kappa shape index (κ3) is 3.76. The van der Waals surface area contributed by atoms with Crippen molar-refractivity contribution in [3.63, 3.8) is 0 Å². The van der Waals surface area contributed by atoms with E-state index in [1.54, 1.807) is 0 Å². The van der Waals surface area contributed by atoms with Crippen LogP contribution in [0.2, 0.25) is 0 Å². The zero-order valence-corrected chi connectivity index (χ0v) is 12.6. The first kappa shape index (κ1) is 14.9. The summed E-state index contributed by atoms with van der Waals surface area (Å²) >= 11 is 4.48. The summed E-state index contributed by atoms with van der Waals surface area (Å²) in [6.07, 6.45) is 0. The molecule has 20 heavy (non-hydrogen) atoms. The molecule has 0 saturated heterocycles. The Morgan fingerprint density at radius 1 is 1.05 bits per heavy atom. The first-order valence-corrected chi connectivity index (χ1v) is 7.54. The van der Waals surface area contributed by atoms with Crippen LogP contribution in [0, 0.1) is 5.82 Å². The standard InChI is InChI=1S/C17H20FNS/c1-2-19(17-10-8-16(18)9-11-17)12-15(13-20)14-6-4-3-5-7-14/h3-11,15,20H,2,12-13H2,1H3. The predicted molar refractivity (Wildman–Crippen MR) is 87.3 cm³/mol. The molecule has 1 nitrogen and oxygen atoms in total. The maximum Gasteiger partial charge on any atom is 0.123 e. The molecule has 0 N–H and O–H groups in total. The van der Waals surface area contributed by atoms with Crippen molar-refractivity contribution in [3.05, 3.63) is 66.0 Å². The summed E-state index contributed by atoms with van der Waals surface area (Å²) in [5, 5.41) is 0. The van der Waals surface area contributed by atoms with E-state index in [0.717, 1.165) is 24.5 Å². The zero-order chi connectivity index (χ0) is 14.4. The predicted octanol–water partition coefficient (Wildman–Crippen LogP) is 4.37. The Bertz CT molecular complexity index is 512. The normalized spacial score (nSPS) is 12.2. The summed E-state index contributed by atoms with van der Waals surface area (Å²) in [6, 6.07) is 17.1. The van der Waals surface area contributed by atoms with Gasteiger partial charge in [0.25, 0.3) is 0 Å². The minimum Gasteiger partial charge on any atom is -0.371 e. The minimum absolute atomic E-state index is 0.196. The summed E-state index contributed by atoms with van der Waals surface area (Å²) < 4.78 is 13.0. The molecule has 0 radical (unpaired) electrons. The third-order valence-electron chi connectivity index (χ3n) is 3.51. The van der Waals surface area contributed by atoms with Gasteiger partial charge in [0.15, 0.2) is 0 Å². The zero-order valence-electron chi connectivity index (χ0n) is 11.7. The first-order valence-electron chi connectivity index (χ1n) is 6.91. The molecule has 0 heterocycles. The van der Waals surface area contributed by atoms with Crippen molar-refractivity contribution in [2.24, 2.45) is 0 Å². The van der Waals surface area contributed by atoms with E-state index in [1.165, 1.54) is 17.7 Å². The van der Waals surface area contributed by atoms with Crippen molar-refractivity contribution in [2.75, 3.05) is 23.7 Å². The van der Waals surface area contributed by atoms with Crippen LogP contribution < -0.4 is 4.90 Å². The number of hydrogen-bond donors (Lipinski definition) is 1. The van der Waals surface area contributed by atoms with Gasteiger partial charge in [0, 0.05) is 24.7 Å². The van der Waals surface area contributed by atoms with Crippen molar-refractivity contribution in [3.8, 4) is 0 Å². The van der Waals surface area contributed by atoms with Gasteiger partial charge in [-0.05, 0) is 42.5 Å². The van der Waals surface area contributed by atoms with E-state index in [9.17, 15) is 4.39 Å². The fourth-order valence-corrected chi connectivity index (χ4v) is 2.66. The second-order valence-corrected chi connectivity index (χ2v) is 5.17. The van der Waals surface area contributed by atoms with Gasteiger partial charge in [-0.25, -0.2) is 4.39 Å². The molecule has 0 amide bonds. The molecule has 3 heteroatoms. The summed E-state index contributed by atoms with van der Waals surface area (Å²) in [5.74, 6) is 0.963. The molecule has 0 spiro atoms. The van der Waals surface area contributed by atoms with Crippen molar-refractivity contribution >= 4 is 18.3 Å². The number of thiol groups is 1. The van der Waals surface area contributed by atoms with Crippen LogP contribution in [-0.2, 0) is 0 Å². The van der Waals surface area contributed by atoms with Crippen LogP contribution in [0.4, 0.5) is 10.1 Å². The van der Waals surface area contributed by atoms with Crippen LogP contribution in [0.25, 0.3) is 0 Å². The average molecular weight is 289 g/mol. The molecular weight excluding hydrogens is 269 g/mol. The number of nitrogens with zero attached hydrogens (tertiary/aromatic N) is 1. The van der Waals surface area contributed by atoms with Crippen molar-refractivity contribution in [1.82, 2.24) is 0 Å². The Kier molecular flexibility index (Phi) is 5.48. The van der Waals surface area contributed by atoms with Crippen molar-refractivity contribution in [1.29, 1.82) is 0 Å². The average Bonchev–Trinajstić information content (AvgIpc) is 2.51. The van der Waals surface area contributed by atoms with Gasteiger partial charge in [0.05, 0.1) is 0 Å². The molecule has 0 aliphatic heterocycles. The van der Waals surface area contributed by atoms with Gasteiger partial charge in [-0.2, -0.15) is 12.6 Å².